The van der Waals surface area contributed by atoms with Gasteiger partial charge in [-0.3, -0.25) is 19.4 Å². The van der Waals surface area contributed by atoms with Gasteiger partial charge in [0.05, 0.1) is 0 Å². The van der Waals surface area contributed by atoms with Crippen molar-refractivity contribution in [1.82, 2.24) is 19.8 Å². The maximum Gasteiger partial charge on any atom is 0.258 e. The first kappa shape index (κ1) is 20.6. The maximum atomic E-state index is 12.3. The van der Waals surface area contributed by atoms with Crippen molar-refractivity contribution in [3.63, 3.8) is 0 Å². The first-order valence-corrected chi connectivity index (χ1v) is 9.78. The van der Waals surface area contributed by atoms with E-state index in [4.69, 9.17) is 0 Å². The highest BCUT2D eigenvalue weighted by atomic mass is 16.3. The molecule has 0 spiro atoms. The van der Waals surface area contributed by atoms with E-state index in [-0.39, 0.29) is 6.54 Å². The molecule has 0 aliphatic carbocycles. The highest BCUT2D eigenvalue weighted by molar-refractivity contribution is 6.03. The fourth-order valence-electron chi connectivity index (χ4n) is 3.64. The van der Waals surface area contributed by atoms with Gasteiger partial charge in [0, 0.05) is 50.5 Å². The Hall–Kier alpha value is -2.10. The first-order valence-electron chi connectivity index (χ1n) is 9.78. The van der Waals surface area contributed by atoms with Crippen molar-refractivity contribution in [2.75, 3.05) is 44.2 Å². The van der Waals surface area contributed by atoms with Crippen LogP contribution in [0.15, 0.2) is 18.5 Å². The average Bonchev–Trinajstić information content (AvgIpc) is 2.72. The molecule has 2 saturated heterocycles. The van der Waals surface area contributed by atoms with Crippen molar-refractivity contribution >= 4 is 17.8 Å². The molecule has 2 aliphatic heterocycles. The Morgan fingerprint density at radius 1 is 0.964 bits per heavy atom. The number of carbonyl (C=O) groups excluding carboxylic acids is 2. The molecule has 1 aromatic heterocycles. The van der Waals surface area contributed by atoms with Crippen LogP contribution in [0.2, 0.25) is 0 Å². The number of aromatic nitrogens is 2. The van der Waals surface area contributed by atoms with Crippen LogP contribution in [0.4, 0.5) is 5.95 Å². The third-order valence-electron chi connectivity index (χ3n) is 5.72. The number of piperidine rings is 1. The number of hydrogen-bond acceptors (Lipinski definition) is 8. The van der Waals surface area contributed by atoms with Crippen LogP contribution in [0.3, 0.4) is 0 Å². The topological polar surface area (TPSA) is 110 Å². The summed E-state index contributed by atoms with van der Waals surface area (Å²) in [6.45, 7) is 7.68. The molecule has 9 nitrogen and oxygen atoms in total. The Bertz CT molecular complexity index is 667. The summed E-state index contributed by atoms with van der Waals surface area (Å²) in [5, 5.41) is 20.2. The van der Waals surface area contributed by atoms with Crippen LogP contribution in [0.25, 0.3) is 0 Å². The number of nitrogens with zero attached hydrogens (tertiary/aromatic N) is 5. The summed E-state index contributed by atoms with van der Waals surface area (Å²) >= 11 is 0. The Morgan fingerprint density at radius 3 is 2.07 bits per heavy atom. The van der Waals surface area contributed by atoms with Crippen LogP contribution in [0.5, 0.6) is 0 Å². The van der Waals surface area contributed by atoms with Gasteiger partial charge in [0.25, 0.3) is 11.8 Å². The van der Waals surface area contributed by atoms with Crippen LogP contribution >= 0.6 is 0 Å². The highest BCUT2D eigenvalue weighted by Crippen LogP contribution is 2.32. The summed E-state index contributed by atoms with van der Waals surface area (Å²) in [4.78, 5) is 38.6. The number of piperazine rings is 1. The Labute approximate surface area is 165 Å². The van der Waals surface area contributed by atoms with Crippen LogP contribution < -0.4 is 4.90 Å². The summed E-state index contributed by atoms with van der Waals surface area (Å²) in [7, 11) is 0. The average molecular weight is 391 g/mol. The smallest absolute Gasteiger partial charge is 0.258 e. The number of carbonyl (C=O) groups is 2. The second kappa shape index (κ2) is 8.50. The number of amides is 2. The van der Waals surface area contributed by atoms with Gasteiger partial charge in [-0.05, 0) is 25.5 Å². The summed E-state index contributed by atoms with van der Waals surface area (Å²) < 4.78 is 0. The third-order valence-corrected chi connectivity index (χ3v) is 5.72. The zero-order chi connectivity index (χ0) is 20.3. The minimum Gasteiger partial charge on any atom is -0.383 e. The number of unbranched alkanes of at least 4 members (excludes halogenated alkanes) is 1. The van der Waals surface area contributed by atoms with Crippen LogP contribution in [0.1, 0.15) is 26.7 Å². The van der Waals surface area contributed by atoms with E-state index in [0.717, 1.165) is 50.0 Å². The molecule has 0 aromatic carbocycles. The van der Waals surface area contributed by atoms with Crippen molar-refractivity contribution in [3.05, 3.63) is 18.5 Å². The number of aliphatic hydroxyl groups excluding tert-OH is 2. The minimum absolute atomic E-state index is 0.222. The summed E-state index contributed by atoms with van der Waals surface area (Å²) in [6, 6.07) is 1.80. The minimum atomic E-state index is -1.37. The van der Waals surface area contributed by atoms with Gasteiger partial charge in [-0.2, -0.15) is 0 Å². The highest BCUT2D eigenvalue weighted by Gasteiger charge is 2.52. The predicted octanol–water partition coefficient (Wildman–Crippen LogP) is -0.504. The maximum absolute atomic E-state index is 12.3. The van der Waals surface area contributed by atoms with Gasteiger partial charge in [-0.15, -0.1) is 0 Å². The molecule has 1 aromatic rings. The normalized spacial score (nSPS) is 26.0. The summed E-state index contributed by atoms with van der Waals surface area (Å²) in [5.41, 5.74) is -1.16. The molecule has 2 atom stereocenters. The largest absolute Gasteiger partial charge is 0.383 e. The van der Waals surface area contributed by atoms with E-state index in [2.05, 4.69) is 19.8 Å². The van der Waals surface area contributed by atoms with Crippen molar-refractivity contribution in [1.29, 1.82) is 0 Å². The Kier molecular flexibility index (Phi) is 6.26. The SMILES string of the molecule is CC1(C)C(O)C(=O)N(CCCCN2CCN(c3ncccn3)CC2)C(=O)C1O. The number of aliphatic hydroxyl groups is 2. The van der Waals surface area contributed by atoms with Crippen LogP contribution in [-0.4, -0.2) is 93.3 Å². The number of anilines is 1. The Balaban J connectivity index is 1.40. The number of hydrogen-bond donors (Lipinski definition) is 2. The van der Waals surface area contributed by atoms with Crippen LogP contribution in [0, 0.1) is 5.41 Å². The molecule has 28 heavy (non-hydrogen) atoms. The van der Waals surface area contributed by atoms with Gasteiger partial charge >= 0.3 is 0 Å². The van der Waals surface area contributed by atoms with E-state index < -0.39 is 29.4 Å². The second-order valence-electron chi connectivity index (χ2n) is 8.04. The summed E-state index contributed by atoms with van der Waals surface area (Å²) in [6.07, 6.45) is 2.22. The molecule has 2 aliphatic rings. The Morgan fingerprint density at radius 2 is 1.50 bits per heavy atom. The molecule has 2 fully saturated rings. The lowest BCUT2D eigenvalue weighted by Gasteiger charge is -2.42. The van der Waals surface area contributed by atoms with Gasteiger partial charge in [0.2, 0.25) is 5.95 Å². The molecule has 0 bridgehead atoms. The zero-order valence-electron chi connectivity index (χ0n) is 16.5. The molecular formula is C19H29N5O4. The lowest BCUT2D eigenvalue weighted by atomic mass is 9.76. The second-order valence-corrected chi connectivity index (χ2v) is 8.04. The lowest BCUT2D eigenvalue weighted by molar-refractivity contribution is -0.180. The van der Waals surface area contributed by atoms with E-state index >= 15 is 0 Å². The number of rotatable bonds is 6. The van der Waals surface area contributed by atoms with Gasteiger partial charge in [-0.1, -0.05) is 13.8 Å². The van der Waals surface area contributed by atoms with E-state index in [1.165, 1.54) is 13.8 Å². The standard InChI is InChI=1S/C19H29N5O4/c1-19(2)14(25)16(27)24(17(28)15(19)26)9-4-3-8-22-10-12-23(13-11-22)18-20-6-5-7-21-18/h5-7,14-15,25-26H,3-4,8-13H2,1-2H3. The molecule has 0 radical (unpaired) electrons. The van der Waals surface area contributed by atoms with Crippen molar-refractivity contribution in [3.8, 4) is 0 Å². The molecular weight excluding hydrogens is 362 g/mol. The van der Waals surface area contributed by atoms with E-state index in [1.807, 2.05) is 0 Å². The molecule has 2 N–H and O–H groups in total. The number of imide groups is 1. The molecule has 2 unspecified atom stereocenters. The first-order chi connectivity index (χ1) is 13.3. The molecule has 0 saturated carbocycles. The van der Waals surface area contributed by atoms with Crippen molar-refractivity contribution < 1.29 is 19.8 Å². The fraction of sp³-hybridized carbons (Fsp3) is 0.684. The third kappa shape index (κ3) is 4.16. The molecule has 154 valence electrons. The van der Waals surface area contributed by atoms with E-state index in [0.29, 0.717) is 6.42 Å². The summed E-state index contributed by atoms with van der Waals surface area (Å²) in [5.74, 6) is -0.474. The molecule has 9 heteroatoms. The molecule has 2 amide bonds. The number of likely N-dealkylation sites (tertiary alicyclic amines) is 1. The van der Waals surface area contributed by atoms with Gasteiger partial charge in [0.15, 0.2) is 0 Å². The molecule has 3 rings (SSSR count). The lowest BCUT2D eigenvalue weighted by Crippen LogP contribution is -2.63. The molecule has 3 heterocycles. The fourth-order valence-corrected chi connectivity index (χ4v) is 3.64. The van der Waals surface area contributed by atoms with Crippen LogP contribution in [-0.2, 0) is 9.59 Å². The van der Waals surface area contributed by atoms with Crippen molar-refractivity contribution in [2.45, 2.75) is 38.9 Å². The van der Waals surface area contributed by atoms with Gasteiger partial charge in [0.1, 0.15) is 12.2 Å². The quantitative estimate of drug-likeness (QED) is 0.493. The van der Waals surface area contributed by atoms with E-state index in [1.54, 1.807) is 18.5 Å². The zero-order valence-corrected chi connectivity index (χ0v) is 16.5. The predicted molar refractivity (Wildman–Crippen MR) is 102 cm³/mol. The monoisotopic (exact) mass is 391 g/mol. The van der Waals surface area contributed by atoms with Crippen molar-refractivity contribution in [2.24, 2.45) is 5.41 Å². The van der Waals surface area contributed by atoms with E-state index in [9.17, 15) is 19.8 Å². The van der Waals surface area contributed by atoms with Gasteiger partial charge < -0.3 is 15.1 Å². The van der Waals surface area contributed by atoms with Gasteiger partial charge in [-0.25, -0.2) is 9.97 Å².